The van der Waals surface area contributed by atoms with Gasteiger partial charge in [-0.05, 0) is 50.1 Å². The molecule has 188 valence electrons. The Bertz CT molecular complexity index is 1460. The van der Waals surface area contributed by atoms with E-state index >= 15 is 0 Å². The first-order valence-corrected chi connectivity index (χ1v) is 11.8. The minimum atomic E-state index is -1.18. The number of rotatable bonds is 9. The van der Waals surface area contributed by atoms with Crippen LogP contribution in [-0.2, 0) is 6.54 Å². The Morgan fingerprint density at radius 3 is 2.67 bits per heavy atom. The highest BCUT2D eigenvalue weighted by Crippen LogP contribution is 2.33. The van der Waals surface area contributed by atoms with Gasteiger partial charge >= 0.3 is 5.97 Å². The summed E-state index contributed by atoms with van der Waals surface area (Å²) in [5.74, 6) is -2.24. The molecule has 0 radical (unpaired) electrons. The Kier molecular flexibility index (Phi) is 7.40. The van der Waals surface area contributed by atoms with Crippen LogP contribution in [0, 0.1) is 25.5 Å². The highest BCUT2D eigenvalue weighted by atomic mass is 35.5. The third kappa shape index (κ3) is 4.97. The number of aromatic carboxylic acids is 1. The summed E-state index contributed by atoms with van der Waals surface area (Å²) in [5.41, 5.74) is 2.71. The number of nitrogens with zero attached hydrogens (tertiary/aromatic N) is 3. The Morgan fingerprint density at radius 2 is 1.94 bits per heavy atom. The minimum absolute atomic E-state index is 0.0405. The molecule has 0 fully saturated rings. The molecule has 0 unspecified atom stereocenters. The average Bonchev–Trinajstić information content (AvgIpc) is 3.17. The Labute approximate surface area is 211 Å². The molecule has 10 heteroatoms. The second-order valence-corrected chi connectivity index (χ2v) is 8.80. The van der Waals surface area contributed by atoms with Crippen LogP contribution in [-0.4, -0.2) is 38.8 Å². The van der Waals surface area contributed by atoms with Crippen molar-refractivity contribution in [2.45, 2.75) is 33.7 Å². The van der Waals surface area contributed by atoms with E-state index in [1.807, 2.05) is 19.9 Å². The average molecular weight is 515 g/mol. The molecule has 0 atom stereocenters. The maximum atomic E-state index is 14.6. The number of fused-ring (bicyclic) bond motifs is 1. The Hall–Kier alpha value is -3.72. The van der Waals surface area contributed by atoms with Gasteiger partial charge in [-0.15, -0.1) is 0 Å². The molecule has 0 amide bonds. The summed E-state index contributed by atoms with van der Waals surface area (Å²) in [7, 11) is 0. The largest absolute Gasteiger partial charge is 0.493 e. The van der Waals surface area contributed by atoms with Crippen LogP contribution in [0.5, 0.6) is 5.75 Å². The summed E-state index contributed by atoms with van der Waals surface area (Å²) in [6.45, 7) is 6.63. The summed E-state index contributed by atoms with van der Waals surface area (Å²) in [6.07, 6.45) is 2.08. The number of carboxylic acid groups (broad SMARTS) is 1. The van der Waals surface area contributed by atoms with Gasteiger partial charge in [0.25, 0.3) is 0 Å². The maximum Gasteiger partial charge on any atom is 0.341 e. The van der Waals surface area contributed by atoms with Crippen molar-refractivity contribution in [2.24, 2.45) is 0 Å². The summed E-state index contributed by atoms with van der Waals surface area (Å²) in [5, 5.41) is 13.4. The van der Waals surface area contributed by atoms with Crippen LogP contribution in [0.2, 0.25) is 5.02 Å². The SMILES string of the molecule is CCCOc1cc(-c2cc(NCCn3c(C)cc4c(C)cc(F)c(F)c43)ncn2)cc(Cl)c1C(=O)O. The van der Waals surface area contributed by atoms with Gasteiger partial charge in [-0.3, -0.25) is 0 Å². The summed E-state index contributed by atoms with van der Waals surface area (Å²) in [4.78, 5) is 20.2. The van der Waals surface area contributed by atoms with E-state index < -0.39 is 17.6 Å². The molecule has 7 nitrogen and oxygen atoms in total. The van der Waals surface area contributed by atoms with Crippen molar-refractivity contribution in [1.82, 2.24) is 14.5 Å². The quantitative estimate of drug-likeness (QED) is 0.274. The van der Waals surface area contributed by atoms with E-state index in [1.165, 1.54) is 18.5 Å². The zero-order valence-electron chi connectivity index (χ0n) is 20.0. The molecule has 0 aliphatic carbocycles. The first-order chi connectivity index (χ1) is 17.2. The molecule has 0 aliphatic rings. The molecule has 0 saturated carbocycles. The number of anilines is 1. The van der Waals surface area contributed by atoms with E-state index in [0.29, 0.717) is 54.1 Å². The number of carbonyl (C=O) groups is 1. The zero-order chi connectivity index (χ0) is 26.0. The van der Waals surface area contributed by atoms with Gasteiger partial charge in [0.15, 0.2) is 11.6 Å². The third-order valence-corrected chi connectivity index (χ3v) is 6.12. The van der Waals surface area contributed by atoms with E-state index in [9.17, 15) is 18.7 Å². The monoisotopic (exact) mass is 514 g/mol. The molecule has 4 aromatic rings. The fourth-order valence-corrected chi connectivity index (χ4v) is 4.41. The summed E-state index contributed by atoms with van der Waals surface area (Å²) >= 11 is 6.26. The normalized spacial score (nSPS) is 11.2. The number of hydrogen-bond acceptors (Lipinski definition) is 5. The van der Waals surface area contributed by atoms with Crippen molar-refractivity contribution >= 4 is 34.3 Å². The van der Waals surface area contributed by atoms with E-state index in [2.05, 4.69) is 15.3 Å². The topological polar surface area (TPSA) is 89.3 Å². The smallest absolute Gasteiger partial charge is 0.341 e. The van der Waals surface area contributed by atoms with Gasteiger partial charge in [0.1, 0.15) is 23.5 Å². The molecule has 0 saturated heterocycles. The molecule has 0 spiro atoms. The number of hydrogen-bond donors (Lipinski definition) is 2. The van der Waals surface area contributed by atoms with E-state index in [1.54, 1.807) is 23.6 Å². The summed E-state index contributed by atoms with van der Waals surface area (Å²) < 4.78 is 35.9. The number of aryl methyl sites for hydroxylation is 2. The number of carboxylic acids is 1. The van der Waals surface area contributed by atoms with Gasteiger partial charge in [0.2, 0.25) is 0 Å². The van der Waals surface area contributed by atoms with Gasteiger partial charge in [-0.2, -0.15) is 0 Å². The lowest BCUT2D eigenvalue weighted by atomic mass is 10.1. The van der Waals surface area contributed by atoms with Crippen LogP contribution >= 0.6 is 11.6 Å². The zero-order valence-corrected chi connectivity index (χ0v) is 20.8. The van der Waals surface area contributed by atoms with Gasteiger partial charge in [0.05, 0.1) is 22.8 Å². The van der Waals surface area contributed by atoms with Gasteiger partial charge in [-0.25, -0.2) is 23.5 Å². The van der Waals surface area contributed by atoms with Crippen LogP contribution in [0.25, 0.3) is 22.2 Å². The van der Waals surface area contributed by atoms with E-state index in [-0.39, 0.29) is 21.9 Å². The van der Waals surface area contributed by atoms with Crippen molar-refractivity contribution in [2.75, 3.05) is 18.5 Å². The lowest BCUT2D eigenvalue weighted by molar-refractivity contribution is 0.0692. The molecule has 4 rings (SSSR count). The Morgan fingerprint density at radius 1 is 1.17 bits per heavy atom. The molecule has 0 bridgehead atoms. The molecule has 36 heavy (non-hydrogen) atoms. The van der Waals surface area contributed by atoms with Crippen molar-refractivity contribution in [3.63, 3.8) is 0 Å². The van der Waals surface area contributed by atoms with Crippen LogP contribution in [0.15, 0.2) is 36.7 Å². The van der Waals surface area contributed by atoms with E-state index in [0.717, 1.165) is 5.69 Å². The molecule has 2 aromatic carbocycles. The van der Waals surface area contributed by atoms with Gasteiger partial charge in [0, 0.05) is 35.8 Å². The van der Waals surface area contributed by atoms with Crippen LogP contribution in [0.4, 0.5) is 14.6 Å². The van der Waals surface area contributed by atoms with Crippen LogP contribution in [0.3, 0.4) is 0 Å². The molecular weight excluding hydrogens is 490 g/mol. The second-order valence-electron chi connectivity index (χ2n) is 8.39. The first kappa shape index (κ1) is 25.4. The number of halogens is 3. The lowest BCUT2D eigenvalue weighted by Crippen LogP contribution is -2.13. The number of ether oxygens (including phenoxy) is 1. The molecule has 2 heterocycles. The second kappa shape index (κ2) is 10.5. The standard InChI is InChI=1S/C26H25ClF2N4O3/c1-4-7-36-21-11-16(10-18(27)23(21)26(34)35)20-12-22(32-13-31-20)30-5-6-33-15(3)9-17-14(2)8-19(28)24(29)25(17)33/h8-13H,4-7H2,1-3H3,(H,34,35)(H,30,31,32). The predicted octanol–water partition coefficient (Wildman–Crippen LogP) is 6.25. The van der Waals surface area contributed by atoms with Crippen LogP contribution in [0.1, 0.15) is 35.0 Å². The number of benzene rings is 2. The fraction of sp³-hybridized carbons (Fsp3) is 0.269. The van der Waals surface area contributed by atoms with Crippen molar-refractivity contribution in [1.29, 1.82) is 0 Å². The highest BCUT2D eigenvalue weighted by Gasteiger charge is 2.19. The number of aromatic nitrogens is 3. The van der Waals surface area contributed by atoms with Crippen LogP contribution < -0.4 is 10.1 Å². The molecule has 2 N–H and O–H groups in total. The molecular formula is C26H25ClF2N4O3. The van der Waals surface area contributed by atoms with Crippen molar-refractivity contribution in [3.8, 4) is 17.0 Å². The highest BCUT2D eigenvalue weighted by molar-refractivity contribution is 6.34. The van der Waals surface area contributed by atoms with Crippen molar-refractivity contribution in [3.05, 3.63) is 70.1 Å². The fourth-order valence-electron chi connectivity index (χ4n) is 4.12. The third-order valence-electron chi connectivity index (χ3n) is 5.82. The minimum Gasteiger partial charge on any atom is -0.493 e. The summed E-state index contributed by atoms with van der Waals surface area (Å²) in [6, 6.07) is 7.85. The van der Waals surface area contributed by atoms with Gasteiger partial charge < -0.3 is 19.7 Å². The molecule has 2 aromatic heterocycles. The predicted molar refractivity (Wildman–Crippen MR) is 135 cm³/mol. The number of nitrogens with one attached hydrogen (secondary N) is 1. The van der Waals surface area contributed by atoms with Crippen molar-refractivity contribution < 1.29 is 23.4 Å². The first-order valence-electron chi connectivity index (χ1n) is 11.4. The maximum absolute atomic E-state index is 14.6. The van der Waals surface area contributed by atoms with Gasteiger partial charge in [-0.1, -0.05) is 18.5 Å². The molecule has 0 aliphatic heterocycles. The van der Waals surface area contributed by atoms with E-state index in [4.69, 9.17) is 16.3 Å². The Balaban J connectivity index is 1.57. The lowest BCUT2D eigenvalue weighted by Gasteiger charge is -2.13.